The second-order valence-electron chi connectivity index (χ2n) is 3.02. The monoisotopic (exact) mass is 257 g/mol. The van der Waals surface area contributed by atoms with Crippen molar-refractivity contribution in [2.24, 2.45) is 0 Å². The smallest absolute Gasteiger partial charge is 0.176 e. The second kappa shape index (κ2) is 4.57. The average Bonchev–Trinajstić information content (AvgIpc) is 2.15. The summed E-state index contributed by atoms with van der Waals surface area (Å²) in [4.78, 5) is 11.6. The molecule has 0 amide bonds. The summed E-state index contributed by atoms with van der Waals surface area (Å²) < 4.78 is 0.583. The van der Waals surface area contributed by atoms with Gasteiger partial charge in [0.15, 0.2) is 5.78 Å². The fraction of sp³-hybridized carbons (Fsp3) is 0.300. The molecule has 0 aliphatic heterocycles. The SMILES string of the molecule is CNCC(=O)c1ccc(O)c(Br)c1C. The molecule has 0 heterocycles. The topological polar surface area (TPSA) is 49.3 Å². The van der Waals surface area contributed by atoms with E-state index in [0.717, 1.165) is 5.56 Å². The molecule has 0 fully saturated rings. The maximum atomic E-state index is 11.6. The van der Waals surface area contributed by atoms with E-state index < -0.39 is 0 Å². The van der Waals surface area contributed by atoms with Gasteiger partial charge in [0.25, 0.3) is 0 Å². The molecule has 1 aromatic carbocycles. The molecule has 0 aliphatic carbocycles. The number of halogens is 1. The van der Waals surface area contributed by atoms with E-state index in [1.807, 2.05) is 0 Å². The molecular formula is C10H12BrNO2. The summed E-state index contributed by atoms with van der Waals surface area (Å²) in [6.45, 7) is 2.10. The summed E-state index contributed by atoms with van der Waals surface area (Å²) in [5.41, 5.74) is 1.40. The van der Waals surface area contributed by atoms with E-state index in [-0.39, 0.29) is 11.5 Å². The van der Waals surface area contributed by atoms with Crippen LogP contribution < -0.4 is 5.32 Å². The van der Waals surface area contributed by atoms with Crippen molar-refractivity contribution in [3.05, 3.63) is 27.7 Å². The predicted octanol–water partition coefficient (Wildman–Crippen LogP) is 1.87. The van der Waals surface area contributed by atoms with Gasteiger partial charge in [-0.2, -0.15) is 0 Å². The van der Waals surface area contributed by atoms with Gasteiger partial charge in [0.1, 0.15) is 5.75 Å². The maximum Gasteiger partial charge on any atom is 0.176 e. The molecule has 0 aromatic heterocycles. The van der Waals surface area contributed by atoms with E-state index in [4.69, 9.17) is 0 Å². The molecule has 14 heavy (non-hydrogen) atoms. The molecule has 3 nitrogen and oxygen atoms in total. The van der Waals surface area contributed by atoms with Gasteiger partial charge in [0.05, 0.1) is 11.0 Å². The molecule has 76 valence electrons. The van der Waals surface area contributed by atoms with Crippen LogP contribution in [0.2, 0.25) is 0 Å². The van der Waals surface area contributed by atoms with E-state index in [1.165, 1.54) is 6.07 Å². The first-order chi connectivity index (χ1) is 6.57. The standard InChI is InChI=1S/C10H12BrNO2/c1-6-7(9(14)5-12-2)3-4-8(13)10(6)11/h3-4,12-13H,5H2,1-2H3. The quantitative estimate of drug-likeness (QED) is 0.813. The molecule has 0 saturated heterocycles. The predicted molar refractivity (Wildman–Crippen MR) is 58.8 cm³/mol. The first kappa shape index (κ1) is 11.2. The van der Waals surface area contributed by atoms with Gasteiger partial charge >= 0.3 is 0 Å². The highest BCUT2D eigenvalue weighted by atomic mass is 79.9. The van der Waals surface area contributed by atoms with Crippen LogP contribution in [0.15, 0.2) is 16.6 Å². The van der Waals surface area contributed by atoms with Crippen molar-refractivity contribution in [1.82, 2.24) is 5.32 Å². The Bertz CT molecular complexity index is 363. The second-order valence-corrected chi connectivity index (χ2v) is 3.82. The normalized spacial score (nSPS) is 10.2. The Hall–Kier alpha value is -0.870. The van der Waals surface area contributed by atoms with Crippen LogP contribution in [-0.4, -0.2) is 24.5 Å². The highest BCUT2D eigenvalue weighted by molar-refractivity contribution is 9.10. The van der Waals surface area contributed by atoms with Crippen LogP contribution in [0.5, 0.6) is 5.75 Å². The zero-order chi connectivity index (χ0) is 10.7. The molecule has 4 heteroatoms. The fourth-order valence-electron chi connectivity index (χ4n) is 1.23. The van der Waals surface area contributed by atoms with Gasteiger partial charge in [-0.3, -0.25) is 4.79 Å². The summed E-state index contributed by atoms with van der Waals surface area (Å²) in [5, 5.41) is 12.2. The third-order valence-corrected chi connectivity index (χ3v) is 3.00. The first-order valence-electron chi connectivity index (χ1n) is 4.23. The number of nitrogens with one attached hydrogen (secondary N) is 1. The minimum Gasteiger partial charge on any atom is -0.507 e. The molecule has 0 unspecified atom stereocenters. The highest BCUT2D eigenvalue weighted by Crippen LogP contribution is 2.29. The number of carbonyl (C=O) groups excluding carboxylic acids is 1. The molecular weight excluding hydrogens is 246 g/mol. The van der Waals surface area contributed by atoms with E-state index in [0.29, 0.717) is 16.6 Å². The minimum atomic E-state index is 0.0192. The number of rotatable bonds is 3. The average molecular weight is 258 g/mol. The van der Waals surface area contributed by atoms with Gasteiger partial charge in [-0.05, 0) is 47.6 Å². The summed E-state index contributed by atoms with van der Waals surface area (Å²) >= 11 is 3.23. The summed E-state index contributed by atoms with van der Waals surface area (Å²) in [6.07, 6.45) is 0. The van der Waals surface area contributed by atoms with Crippen LogP contribution in [0.1, 0.15) is 15.9 Å². The van der Waals surface area contributed by atoms with Gasteiger partial charge < -0.3 is 10.4 Å². The van der Waals surface area contributed by atoms with Crippen molar-refractivity contribution in [2.75, 3.05) is 13.6 Å². The van der Waals surface area contributed by atoms with Crippen molar-refractivity contribution in [1.29, 1.82) is 0 Å². The van der Waals surface area contributed by atoms with Crippen LogP contribution >= 0.6 is 15.9 Å². The number of ketones is 1. The number of hydrogen-bond acceptors (Lipinski definition) is 3. The molecule has 1 aromatic rings. The number of hydrogen-bond donors (Lipinski definition) is 2. The van der Waals surface area contributed by atoms with Crippen molar-refractivity contribution < 1.29 is 9.90 Å². The number of aromatic hydroxyl groups is 1. The van der Waals surface area contributed by atoms with Crippen LogP contribution in [0.3, 0.4) is 0 Å². The van der Waals surface area contributed by atoms with Crippen molar-refractivity contribution in [2.45, 2.75) is 6.92 Å². The van der Waals surface area contributed by atoms with E-state index in [9.17, 15) is 9.90 Å². The molecule has 0 spiro atoms. The van der Waals surface area contributed by atoms with E-state index in [2.05, 4.69) is 21.2 Å². The lowest BCUT2D eigenvalue weighted by Crippen LogP contribution is -2.19. The molecule has 0 radical (unpaired) electrons. The Morgan fingerprint density at radius 2 is 2.21 bits per heavy atom. The number of likely N-dealkylation sites (N-methyl/N-ethyl adjacent to an activating group) is 1. The summed E-state index contributed by atoms with van der Waals surface area (Å²) in [6, 6.07) is 3.15. The summed E-state index contributed by atoms with van der Waals surface area (Å²) in [5.74, 6) is 0.175. The Labute approximate surface area is 91.3 Å². The first-order valence-corrected chi connectivity index (χ1v) is 5.03. The van der Waals surface area contributed by atoms with Crippen LogP contribution in [0.4, 0.5) is 0 Å². The lowest BCUT2D eigenvalue weighted by molar-refractivity contribution is 0.0993. The molecule has 0 bridgehead atoms. The van der Waals surface area contributed by atoms with Gasteiger partial charge in [-0.25, -0.2) is 0 Å². The van der Waals surface area contributed by atoms with Crippen LogP contribution in [-0.2, 0) is 0 Å². The maximum absolute atomic E-state index is 11.6. The Morgan fingerprint density at radius 3 is 2.79 bits per heavy atom. The molecule has 2 N–H and O–H groups in total. The number of Topliss-reactive ketones (excluding diaryl/α,β-unsaturated/α-hetero) is 1. The lowest BCUT2D eigenvalue weighted by Gasteiger charge is -2.07. The third-order valence-electron chi connectivity index (χ3n) is 2.00. The number of phenolic OH excluding ortho intramolecular Hbond substituents is 1. The zero-order valence-corrected chi connectivity index (χ0v) is 9.68. The van der Waals surface area contributed by atoms with E-state index in [1.54, 1.807) is 20.0 Å². The van der Waals surface area contributed by atoms with Crippen molar-refractivity contribution in [3.8, 4) is 5.75 Å². The molecule has 0 atom stereocenters. The highest BCUT2D eigenvalue weighted by Gasteiger charge is 2.12. The number of phenols is 1. The van der Waals surface area contributed by atoms with Crippen molar-refractivity contribution in [3.63, 3.8) is 0 Å². The third kappa shape index (κ3) is 2.13. The number of carbonyl (C=O) groups is 1. The van der Waals surface area contributed by atoms with Crippen LogP contribution in [0.25, 0.3) is 0 Å². The van der Waals surface area contributed by atoms with Crippen molar-refractivity contribution >= 4 is 21.7 Å². The number of benzene rings is 1. The molecule has 0 saturated carbocycles. The van der Waals surface area contributed by atoms with Gasteiger partial charge in [-0.1, -0.05) is 0 Å². The Kier molecular flexibility index (Phi) is 3.66. The van der Waals surface area contributed by atoms with Gasteiger partial charge in [0.2, 0.25) is 0 Å². The summed E-state index contributed by atoms with van der Waals surface area (Å²) in [7, 11) is 1.72. The van der Waals surface area contributed by atoms with Crippen LogP contribution in [0, 0.1) is 6.92 Å². The minimum absolute atomic E-state index is 0.0192. The van der Waals surface area contributed by atoms with Gasteiger partial charge in [-0.15, -0.1) is 0 Å². The zero-order valence-electron chi connectivity index (χ0n) is 8.10. The lowest BCUT2D eigenvalue weighted by atomic mass is 10.0. The molecule has 0 aliphatic rings. The van der Waals surface area contributed by atoms with Gasteiger partial charge in [0, 0.05) is 5.56 Å². The fourth-order valence-corrected chi connectivity index (χ4v) is 1.57. The largest absolute Gasteiger partial charge is 0.507 e. The molecule has 1 rings (SSSR count). The van der Waals surface area contributed by atoms with E-state index >= 15 is 0 Å². The Morgan fingerprint density at radius 1 is 1.57 bits per heavy atom. The Balaban J connectivity index is 3.11.